The minimum absolute atomic E-state index is 0.260. The van der Waals surface area contributed by atoms with E-state index < -0.39 is 17.5 Å². The van der Waals surface area contributed by atoms with Crippen molar-refractivity contribution in [3.8, 4) is 6.07 Å². The minimum atomic E-state index is -1.27. The number of aryl methyl sites for hydroxylation is 2. The third-order valence-electron chi connectivity index (χ3n) is 5.43. The van der Waals surface area contributed by atoms with Crippen LogP contribution in [0.2, 0.25) is 0 Å². The van der Waals surface area contributed by atoms with E-state index in [1.165, 1.54) is 0 Å². The number of urea groups is 1. The maximum atomic E-state index is 13.1. The first kappa shape index (κ1) is 20.3. The molecule has 0 saturated carbocycles. The molecule has 1 aliphatic heterocycles. The number of carbonyl (C=O) groups excluding carboxylic acids is 3. The number of Topliss-reactive ketones (excluding diaryl/α,β-unsaturated/α-hetero) is 1. The zero-order chi connectivity index (χ0) is 21.2. The highest BCUT2D eigenvalue weighted by atomic mass is 16.2. The molecule has 1 unspecified atom stereocenters. The fourth-order valence-electron chi connectivity index (χ4n) is 3.55. The molecule has 3 rings (SSSR count). The number of carbonyl (C=O) groups is 3. The topological polar surface area (TPSA) is 90.3 Å². The van der Waals surface area contributed by atoms with E-state index in [9.17, 15) is 14.4 Å². The Hall–Kier alpha value is -3.46. The number of amides is 3. The first-order chi connectivity index (χ1) is 13.8. The number of rotatable bonds is 6. The van der Waals surface area contributed by atoms with Crippen LogP contribution in [-0.4, -0.2) is 29.2 Å². The molecule has 1 fully saturated rings. The molecule has 29 heavy (non-hydrogen) atoms. The Morgan fingerprint density at radius 3 is 2.38 bits per heavy atom. The Balaban J connectivity index is 1.87. The minimum Gasteiger partial charge on any atom is -0.319 e. The van der Waals surface area contributed by atoms with Gasteiger partial charge >= 0.3 is 6.03 Å². The van der Waals surface area contributed by atoms with Gasteiger partial charge in [0.2, 0.25) is 0 Å². The van der Waals surface area contributed by atoms with Gasteiger partial charge in [0.15, 0.2) is 5.78 Å². The van der Waals surface area contributed by atoms with E-state index in [-0.39, 0.29) is 12.3 Å². The Bertz CT molecular complexity index is 1020. The largest absolute Gasteiger partial charge is 0.325 e. The van der Waals surface area contributed by atoms with Crippen molar-refractivity contribution < 1.29 is 14.4 Å². The summed E-state index contributed by atoms with van der Waals surface area (Å²) in [7, 11) is 0. The van der Waals surface area contributed by atoms with Gasteiger partial charge < -0.3 is 5.32 Å². The number of nitriles is 1. The molecule has 0 spiro atoms. The molecule has 0 aromatic heterocycles. The Morgan fingerprint density at radius 2 is 1.79 bits per heavy atom. The molecular formula is C23H23N3O3. The first-order valence-corrected chi connectivity index (χ1v) is 9.63. The van der Waals surface area contributed by atoms with Crippen molar-refractivity contribution in [3.05, 3.63) is 70.3 Å². The van der Waals surface area contributed by atoms with Crippen molar-refractivity contribution in [1.29, 1.82) is 5.26 Å². The maximum Gasteiger partial charge on any atom is 0.325 e. The number of hydrogen-bond acceptors (Lipinski definition) is 4. The number of imide groups is 1. The molecule has 2 aromatic carbocycles. The number of nitrogens with zero attached hydrogens (tertiary/aromatic N) is 2. The lowest BCUT2D eigenvalue weighted by Gasteiger charge is -2.22. The van der Waals surface area contributed by atoms with Gasteiger partial charge in [0.05, 0.1) is 18.2 Å². The molecule has 0 bridgehead atoms. The van der Waals surface area contributed by atoms with Crippen LogP contribution in [0.4, 0.5) is 4.79 Å². The highest BCUT2D eigenvalue weighted by Gasteiger charge is 2.49. The maximum absolute atomic E-state index is 13.1. The standard InChI is InChI=1S/C23H23N3O3/c1-4-15-6-9-17(5-2)19(12-15)20(27)14-26-21(28)23(3,25-22(26)29)18-10-7-16(13-24)8-11-18/h6-12H,4-5,14H2,1-3H3,(H,25,29). The zero-order valence-electron chi connectivity index (χ0n) is 16.8. The van der Waals surface area contributed by atoms with Crippen LogP contribution in [0, 0.1) is 11.3 Å². The van der Waals surface area contributed by atoms with Crippen LogP contribution in [0.15, 0.2) is 42.5 Å². The summed E-state index contributed by atoms with van der Waals surface area (Å²) in [6.07, 6.45) is 1.48. The molecule has 1 heterocycles. The Morgan fingerprint density at radius 1 is 1.10 bits per heavy atom. The lowest BCUT2D eigenvalue weighted by Crippen LogP contribution is -2.41. The fourth-order valence-corrected chi connectivity index (χ4v) is 3.55. The molecule has 1 aliphatic rings. The fraction of sp³-hybridized carbons (Fsp3) is 0.304. The summed E-state index contributed by atoms with van der Waals surface area (Å²) >= 11 is 0. The van der Waals surface area contributed by atoms with Crippen LogP contribution in [0.1, 0.15) is 53.4 Å². The van der Waals surface area contributed by atoms with Crippen molar-refractivity contribution in [1.82, 2.24) is 10.2 Å². The lowest BCUT2D eigenvalue weighted by molar-refractivity contribution is -0.130. The molecule has 1 saturated heterocycles. The molecule has 2 aromatic rings. The van der Waals surface area contributed by atoms with Crippen LogP contribution in [0.25, 0.3) is 0 Å². The molecule has 3 amide bonds. The Kier molecular flexibility index (Phi) is 5.51. The second kappa shape index (κ2) is 7.88. The van der Waals surface area contributed by atoms with E-state index in [2.05, 4.69) is 5.32 Å². The van der Waals surface area contributed by atoms with Crippen molar-refractivity contribution >= 4 is 17.7 Å². The second-order valence-corrected chi connectivity index (χ2v) is 7.26. The molecule has 6 nitrogen and oxygen atoms in total. The number of nitrogens with one attached hydrogen (secondary N) is 1. The van der Waals surface area contributed by atoms with E-state index in [0.717, 1.165) is 22.4 Å². The molecule has 0 aliphatic carbocycles. The molecule has 148 valence electrons. The summed E-state index contributed by atoms with van der Waals surface area (Å²) in [5.74, 6) is -0.741. The van der Waals surface area contributed by atoms with Crippen molar-refractivity contribution in [3.63, 3.8) is 0 Å². The summed E-state index contributed by atoms with van der Waals surface area (Å²) in [6, 6.07) is 13.7. The van der Waals surface area contributed by atoms with Gasteiger partial charge in [0.25, 0.3) is 5.91 Å². The normalized spacial score (nSPS) is 18.5. The number of ketones is 1. The average Bonchev–Trinajstić information content (AvgIpc) is 2.97. The van der Waals surface area contributed by atoms with Crippen molar-refractivity contribution in [2.24, 2.45) is 0 Å². The molecule has 6 heteroatoms. The Labute approximate surface area is 170 Å². The predicted octanol–water partition coefficient (Wildman–Crippen LogP) is 3.33. The second-order valence-electron chi connectivity index (χ2n) is 7.26. The lowest BCUT2D eigenvalue weighted by atomic mass is 9.91. The molecular weight excluding hydrogens is 366 g/mol. The van der Waals surface area contributed by atoms with Crippen LogP contribution in [0.5, 0.6) is 0 Å². The summed E-state index contributed by atoms with van der Waals surface area (Å²) < 4.78 is 0. The summed E-state index contributed by atoms with van der Waals surface area (Å²) in [5.41, 5.74) is 2.24. The van der Waals surface area contributed by atoms with E-state index >= 15 is 0 Å². The number of benzene rings is 2. The summed E-state index contributed by atoms with van der Waals surface area (Å²) in [5, 5.41) is 11.6. The molecule has 0 radical (unpaired) electrons. The van der Waals surface area contributed by atoms with E-state index in [0.29, 0.717) is 23.1 Å². The average molecular weight is 389 g/mol. The van der Waals surface area contributed by atoms with E-state index in [1.54, 1.807) is 31.2 Å². The van der Waals surface area contributed by atoms with Crippen LogP contribution < -0.4 is 5.32 Å². The van der Waals surface area contributed by atoms with Crippen LogP contribution >= 0.6 is 0 Å². The summed E-state index contributed by atoms with van der Waals surface area (Å²) in [6.45, 7) is 5.27. The van der Waals surface area contributed by atoms with Gasteiger partial charge in [0.1, 0.15) is 5.54 Å². The van der Waals surface area contributed by atoms with Crippen molar-refractivity contribution in [2.45, 2.75) is 39.2 Å². The van der Waals surface area contributed by atoms with E-state index in [4.69, 9.17) is 5.26 Å². The molecule has 1 N–H and O–H groups in total. The molecule has 1 atom stereocenters. The van der Waals surface area contributed by atoms with Gasteiger partial charge in [-0.1, -0.05) is 38.1 Å². The highest BCUT2D eigenvalue weighted by Crippen LogP contribution is 2.29. The van der Waals surface area contributed by atoms with E-state index in [1.807, 2.05) is 38.1 Å². The van der Waals surface area contributed by atoms with Crippen molar-refractivity contribution in [2.75, 3.05) is 6.54 Å². The zero-order valence-corrected chi connectivity index (χ0v) is 16.8. The summed E-state index contributed by atoms with van der Waals surface area (Å²) in [4.78, 5) is 39.5. The van der Waals surface area contributed by atoms with Crippen LogP contribution in [0.3, 0.4) is 0 Å². The van der Waals surface area contributed by atoms with Crippen LogP contribution in [-0.2, 0) is 23.2 Å². The van der Waals surface area contributed by atoms with Gasteiger partial charge in [-0.2, -0.15) is 5.26 Å². The monoisotopic (exact) mass is 389 g/mol. The van der Waals surface area contributed by atoms with Gasteiger partial charge in [-0.25, -0.2) is 4.79 Å². The smallest absolute Gasteiger partial charge is 0.319 e. The van der Waals surface area contributed by atoms with Gasteiger partial charge in [-0.3, -0.25) is 14.5 Å². The SMILES string of the molecule is CCc1ccc(CC)c(C(=O)CN2C(=O)NC(C)(c3ccc(C#N)cc3)C2=O)c1. The quantitative estimate of drug-likeness (QED) is 0.606. The predicted molar refractivity (Wildman–Crippen MR) is 108 cm³/mol. The van der Waals surface area contributed by atoms with Gasteiger partial charge in [0, 0.05) is 5.56 Å². The first-order valence-electron chi connectivity index (χ1n) is 9.63. The van der Waals surface area contributed by atoms with Gasteiger partial charge in [-0.05, 0) is 54.7 Å². The van der Waals surface area contributed by atoms with Gasteiger partial charge in [-0.15, -0.1) is 0 Å². The number of hydrogen-bond donors (Lipinski definition) is 1. The highest BCUT2D eigenvalue weighted by molar-refractivity contribution is 6.11. The third kappa shape index (κ3) is 3.64. The third-order valence-corrected chi connectivity index (χ3v) is 5.43.